The summed E-state index contributed by atoms with van der Waals surface area (Å²) in [6.07, 6.45) is 5.65. The van der Waals surface area contributed by atoms with Crippen LogP contribution in [0.1, 0.15) is 18.4 Å². The van der Waals surface area contributed by atoms with Crippen LogP contribution in [0.2, 0.25) is 0 Å². The van der Waals surface area contributed by atoms with Gasteiger partial charge in [0.15, 0.2) is 0 Å². The molecule has 1 aromatic heterocycles. The number of hydrogen-bond acceptors (Lipinski definition) is 5. The van der Waals surface area contributed by atoms with Crippen molar-refractivity contribution in [3.8, 4) is 6.07 Å². The van der Waals surface area contributed by atoms with E-state index >= 15 is 0 Å². The zero-order valence-electron chi connectivity index (χ0n) is 10.3. The fourth-order valence-electron chi connectivity index (χ4n) is 2.34. The van der Waals surface area contributed by atoms with Crippen LogP contribution in [0, 0.1) is 11.3 Å². The van der Waals surface area contributed by atoms with E-state index in [2.05, 4.69) is 16.4 Å². The van der Waals surface area contributed by atoms with Gasteiger partial charge >= 0.3 is 0 Å². The lowest BCUT2D eigenvalue weighted by molar-refractivity contribution is 0.300. The van der Waals surface area contributed by atoms with Crippen molar-refractivity contribution in [1.29, 1.82) is 5.26 Å². The van der Waals surface area contributed by atoms with Crippen molar-refractivity contribution in [1.82, 2.24) is 10.3 Å². The van der Waals surface area contributed by atoms with Gasteiger partial charge in [0.25, 0.3) is 0 Å². The Morgan fingerprint density at radius 1 is 1.61 bits per heavy atom. The number of rotatable bonds is 5. The molecule has 18 heavy (non-hydrogen) atoms. The third kappa shape index (κ3) is 2.97. The molecule has 1 unspecified atom stereocenters. The summed E-state index contributed by atoms with van der Waals surface area (Å²) in [6, 6.07) is 4.32. The van der Waals surface area contributed by atoms with Gasteiger partial charge in [-0.15, -0.1) is 0 Å². The van der Waals surface area contributed by atoms with Crippen molar-refractivity contribution in [3.63, 3.8) is 0 Å². The summed E-state index contributed by atoms with van der Waals surface area (Å²) in [4.78, 5) is 6.11. The van der Waals surface area contributed by atoms with Crippen molar-refractivity contribution in [2.45, 2.75) is 18.9 Å². The first-order chi connectivity index (χ1) is 8.85. The van der Waals surface area contributed by atoms with E-state index in [0.717, 1.165) is 25.2 Å². The largest absolute Gasteiger partial charge is 0.395 e. The molecular weight excluding hydrogens is 228 g/mol. The van der Waals surface area contributed by atoms with Gasteiger partial charge in [-0.05, 0) is 25.5 Å². The highest BCUT2D eigenvalue weighted by molar-refractivity contribution is 5.57. The predicted octanol–water partition coefficient (Wildman–Crippen LogP) is 0.504. The maximum absolute atomic E-state index is 9.17. The first kappa shape index (κ1) is 12.8. The number of nitrogens with zero attached hydrogens (tertiary/aromatic N) is 3. The van der Waals surface area contributed by atoms with Gasteiger partial charge in [-0.1, -0.05) is 0 Å². The molecule has 0 bridgehead atoms. The highest BCUT2D eigenvalue weighted by Gasteiger charge is 2.19. The normalized spacial score (nSPS) is 18.6. The number of anilines is 1. The monoisotopic (exact) mass is 246 g/mol. The van der Waals surface area contributed by atoms with Gasteiger partial charge in [0.1, 0.15) is 6.07 Å². The molecule has 2 rings (SSSR count). The van der Waals surface area contributed by atoms with Crippen LogP contribution in [0.3, 0.4) is 0 Å². The summed E-state index contributed by atoms with van der Waals surface area (Å²) in [7, 11) is 0. The Bertz CT molecular complexity index is 423. The number of aromatic nitrogens is 1. The zero-order valence-corrected chi connectivity index (χ0v) is 10.3. The van der Waals surface area contributed by atoms with Crippen LogP contribution < -0.4 is 10.2 Å². The van der Waals surface area contributed by atoms with Crippen molar-refractivity contribution < 1.29 is 5.11 Å². The van der Waals surface area contributed by atoms with E-state index in [1.165, 1.54) is 6.42 Å². The second kappa shape index (κ2) is 6.34. The fraction of sp³-hybridized carbons (Fsp3) is 0.538. The Morgan fingerprint density at radius 2 is 2.50 bits per heavy atom. The number of nitrogens with one attached hydrogen (secondary N) is 1. The molecule has 96 valence electrons. The van der Waals surface area contributed by atoms with E-state index in [0.29, 0.717) is 18.2 Å². The number of hydrogen-bond donors (Lipinski definition) is 2. The Hall–Kier alpha value is -1.64. The maximum atomic E-state index is 9.17. The smallest absolute Gasteiger partial charge is 0.101 e. The standard InChI is InChI=1S/C13H18N4O/c14-8-11-3-5-15-9-13(11)17(6-7-18)10-12-2-1-4-16-12/h3,5,9,12,16,18H,1-2,4,6-7,10H2. The van der Waals surface area contributed by atoms with E-state index in [-0.39, 0.29) is 6.61 Å². The molecule has 1 atom stereocenters. The number of aliphatic hydroxyl groups excluding tert-OH is 1. The molecule has 0 aliphatic carbocycles. The van der Waals surface area contributed by atoms with E-state index in [4.69, 9.17) is 5.26 Å². The number of aliphatic hydroxyl groups is 1. The number of pyridine rings is 1. The minimum atomic E-state index is 0.0759. The summed E-state index contributed by atoms with van der Waals surface area (Å²) < 4.78 is 0. The van der Waals surface area contributed by atoms with Crippen LogP contribution in [-0.4, -0.2) is 42.4 Å². The van der Waals surface area contributed by atoms with E-state index in [1.54, 1.807) is 18.5 Å². The Kier molecular flexibility index (Phi) is 4.51. The van der Waals surface area contributed by atoms with E-state index in [1.807, 2.05) is 4.90 Å². The van der Waals surface area contributed by atoms with Gasteiger partial charge in [0, 0.05) is 25.3 Å². The van der Waals surface area contributed by atoms with Crippen molar-refractivity contribution >= 4 is 5.69 Å². The molecule has 0 spiro atoms. The molecule has 0 aromatic carbocycles. The van der Waals surface area contributed by atoms with Crippen molar-refractivity contribution in [2.75, 3.05) is 31.1 Å². The molecule has 1 aliphatic rings. The van der Waals surface area contributed by atoms with Crippen molar-refractivity contribution in [3.05, 3.63) is 24.0 Å². The van der Waals surface area contributed by atoms with Crippen molar-refractivity contribution in [2.24, 2.45) is 0 Å². The second-order valence-corrected chi connectivity index (χ2v) is 4.47. The summed E-state index contributed by atoms with van der Waals surface area (Å²) >= 11 is 0. The van der Waals surface area contributed by atoms with Crippen LogP contribution in [0.5, 0.6) is 0 Å². The third-order valence-electron chi connectivity index (χ3n) is 3.23. The molecule has 1 fully saturated rings. The molecule has 0 radical (unpaired) electrons. The number of nitriles is 1. The van der Waals surface area contributed by atoms with Gasteiger partial charge in [-0.3, -0.25) is 4.98 Å². The lowest BCUT2D eigenvalue weighted by atomic mass is 10.1. The van der Waals surface area contributed by atoms with Crippen LogP contribution >= 0.6 is 0 Å². The van der Waals surface area contributed by atoms with Crippen LogP contribution in [0.4, 0.5) is 5.69 Å². The maximum Gasteiger partial charge on any atom is 0.101 e. The molecule has 1 aromatic rings. The highest BCUT2D eigenvalue weighted by Crippen LogP contribution is 2.19. The molecule has 2 heterocycles. The first-order valence-electron chi connectivity index (χ1n) is 6.28. The molecule has 2 N–H and O–H groups in total. The molecule has 1 saturated heterocycles. The SMILES string of the molecule is N#Cc1ccncc1N(CCO)CC1CCCN1. The van der Waals surface area contributed by atoms with Gasteiger partial charge in [0.2, 0.25) is 0 Å². The fourth-order valence-corrected chi connectivity index (χ4v) is 2.34. The summed E-state index contributed by atoms with van der Waals surface area (Å²) in [5, 5.41) is 21.7. The predicted molar refractivity (Wildman–Crippen MR) is 69.3 cm³/mol. The minimum absolute atomic E-state index is 0.0759. The van der Waals surface area contributed by atoms with Crippen LogP contribution in [0.15, 0.2) is 18.5 Å². The van der Waals surface area contributed by atoms with Gasteiger partial charge in [-0.2, -0.15) is 5.26 Å². The quantitative estimate of drug-likeness (QED) is 0.791. The van der Waals surface area contributed by atoms with Gasteiger partial charge in [0.05, 0.1) is 24.1 Å². The van der Waals surface area contributed by atoms with Crippen LogP contribution in [0.25, 0.3) is 0 Å². The summed E-state index contributed by atoms with van der Waals surface area (Å²) in [5.41, 5.74) is 1.42. The molecule has 0 amide bonds. The Morgan fingerprint density at radius 3 is 3.17 bits per heavy atom. The zero-order chi connectivity index (χ0) is 12.8. The van der Waals surface area contributed by atoms with Gasteiger partial charge in [-0.25, -0.2) is 0 Å². The average Bonchev–Trinajstić information content (AvgIpc) is 2.91. The Balaban J connectivity index is 2.15. The Labute approximate surface area is 107 Å². The van der Waals surface area contributed by atoms with Crippen LogP contribution in [-0.2, 0) is 0 Å². The third-order valence-corrected chi connectivity index (χ3v) is 3.23. The molecule has 1 aliphatic heterocycles. The first-order valence-corrected chi connectivity index (χ1v) is 6.28. The lowest BCUT2D eigenvalue weighted by Gasteiger charge is -2.27. The highest BCUT2D eigenvalue weighted by atomic mass is 16.3. The van der Waals surface area contributed by atoms with E-state index in [9.17, 15) is 5.11 Å². The molecule has 0 saturated carbocycles. The summed E-state index contributed by atoms with van der Waals surface area (Å²) in [6.45, 7) is 2.46. The molecular formula is C13H18N4O. The minimum Gasteiger partial charge on any atom is -0.395 e. The average molecular weight is 246 g/mol. The lowest BCUT2D eigenvalue weighted by Crippen LogP contribution is -2.39. The van der Waals surface area contributed by atoms with Gasteiger partial charge < -0.3 is 15.3 Å². The van der Waals surface area contributed by atoms with E-state index < -0.39 is 0 Å². The molecule has 5 nitrogen and oxygen atoms in total. The molecule has 5 heteroatoms. The topological polar surface area (TPSA) is 72.2 Å². The summed E-state index contributed by atoms with van der Waals surface area (Å²) in [5.74, 6) is 0. The second-order valence-electron chi connectivity index (χ2n) is 4.47.